The normalized spacial score (nSPS) is 36.8. The molecular formula is C14H27NO. The molecule has 0 aromatic rings. The molecule has 1 spiro atoms. The van der Waals surface area contributed by atoms with Crippen molar-refractivity contribution < 1.29 is 4.74 Å². The highest BCUT2D eigenvalue weighted by atomic mass is 16.5. The van der Waals surface area contributed by atoms with E-state index in [2.05, 4.69) is 32.6 Å². The van der Waals surface area contributed by atoms with Crippen LogP contribution in [0.4, 0.5) is 0 Å². The van der Waals surface area contributed by atoms with E-state index in [9.17, 15) is 0 Å². The van der Waals surface area contributed by atoms with Gasteiger partial charge in [0.15, 0.2) is 0 Å². The minimum atomic E-state index is 0.484. The molecule has 2 aliphatic heterocycles. The molecule has 2 atom stereocenters. The zero-order valence-corrected chi connectivity index (χ0v) is 11.3. The van der Waals surface area contributed by atoms with Crippen molar-refractivity contribution in [2.45, 2.75) is 59.0 Å². The molecule has 2 rings (SSSR count). The molecule has 2 saturated heterocycles. The molecule has 1 unspecified atom stereocenters. The Kier molecular flexibility index (Phi) is 3.60. The minimum Gasteiger partial charge on any atom is -0.381 e. The van der Waals surface area contributed by atoms with Crippen molar-refractivity contribution in [3.63, 3.8) is 0 Å². The maximum Gasteiger partial charge on any atom is 0.0535 e. The van der Waals surface area contributed by atoms with E-state index < -0.39 is 0 Å². The first kappa shape index (κ1) is 12.4. The summed E-state index contributed by atoms with van der Waals surface area (Å²) in [5.74, 6) is 0.767. The van der Waals surface area contributed by atoms with Gasteiger partial charge < -0.3 is 4.74 Å². The van der Waals surface area contributed by atoms with Crippen LogP contribution >= 0.6 is 0 Å². The van der Waals surface area contributed by atoms with Crippen molar-refractivity contribution in [2.24, 2.45) is 11.3 Å². The molecule has 0 amide bonds. The zero-order chi connectivity index (χ0) is 11.8. The standard InChI is InChI=1S/C14H27NO/c1-11(2)13-8-14(6-5-7-16-10-14)9-15(13)12(3)4/h11-13H,5-10H2,1-4H3/t13?,14-/m0/s1. The summed E-state index contributed by atoms with van der Waals surface area (Å²) >= 11 is 0. The van der Waals surface area contributed by atoms with Crippen LogP contribution < -0.4 is 0 Å². The molecule has 0 radical (unpaired) electrons. The lowest BCUT2D eigenvalue weighted by molar-refractivity contribution is -0.00358. The van der Waals surface area contributed by atoms with Crippen LogP contribution in [0, 0.1) is 11.3 Å². The maximum atomic E-state index is 5.74. The molecule has 2 heteroatoms. The first-order valence-corrected chi connectivity index (χ1v) is 6.88. The number of ether oxygens (including phenoxy) is 1. The summed E-state index contributed by atoms with van der Waals surface area (Å²) in [4.78, 5) is 2.71. The lowest BCUT2D eigenvalue weighted by Gasteiger charge is -2.33. The summed E-state index contributed by atoms with van der Waals surface area (Å²) in [5.41, 5.74) is 0.484. The van der Waals surface area contributed by atoms with Crippen molar-refractivity contribution in [3.8, 4) is 0 Å². The van der Waals surface area contributed by atoms with Gasteiger partial charge in [0, 0.05) is 30.7 Å². The average molecular weight is 225 g/mol. The number of rotatable bonds is 2. The molecule has 94 valence electrons. The fourth-order valence-electron chi connectivity index (χ4n) is 3.51. The van der Waals surface area contributed by atoms with Gasteiger partial charge in [0.1, 0.15) is 0 Å². The van der Waals surface area contributed by atoms with Gasteiger partial charge in [0.25, 0.3) is 0 Å². The Hall–Kier alpha value is -0.0800. The molecule has 0 aromatic heterocycles. The Bertz CT molecular complexity index is 213. The topological polar surface area (TPSA) is 12.5 Å². The number of likely N-dealkylation sites (tertiary alicyclic amines) is 1. The van der Waals surface area contributed by atoms with E-state index in [0.29, 0.717) is 11.5 Å². The van der Waals surface area contributed by atoms with Crippen LogP contribution in [0.3, 0.4) is 0 Å². The lowest BCUT2D eigenvalue weighted by atomic mass is 9.79. The van der Waals surface area contributed by atoms with Gasteiger partial charge in [-0.2, -0.15) is 0 Å². The molecule has 2 heterocycles. The largest absolute Gasteiger partial charge is 0.381 e. The molecule has 0 saturated carbocycles. The van der Waals surface area contributed by atoms with Crippen LogP contribution in [-0.4, -0.2) is 36.7 Å². The highest BCUT2D eigenvalue weighted by Crippen LogP contribution is 2.43. The van der Waals surface area contributed by atoms with E-state index in [1.165, 1.54) is 25.8 Å². The second-order valence-electron chi connectivity index (χ2n) is 6.44. The van der Waals surface area contributed by atoms with E-state index in [-0.39, 0.29) is 0 Å². The molecule has 2 nitrogen and oxygen atoms in total. The Morgan fingerprint density at radius 1 is 1.25 bits per heavy atom. The van der Waals surface area contributed by atoms with Crippen molar-refractivity contribution in [3.05, 3.63) is 0 Å². The van der Waals surface area contributed by atoms with Crippen molar-refractivity contribution >= 4 is 0 Å². The summed E-state index contributed by atoms with van der Waals surface area (Å²) in [6, 6.07) is 1.44. The summed E-state index contributed by atoms with van der Waals surface area (Å²) in [7, 11) is 0. The molecule has 0 aromatic carbocycles. The van der Waals surface area contributed by atoms with Gasteiger partial charge in [0.05, 0.1) is 6.61 Å². The van der Waals surface area contributed by atoms with Crippen LogP contribution in [0.1, 0.15) is 47.0 Å². The molecule has 2 aliphatic rings. The van der Waals surface area contributed by atoms with E-state index in [4.69, 9.17) is 4.74 Å². The molecule has 0 aliphatic carbocycles. The monoisotopic (exact) mass is 225 g/mol. The second kappa shape index (κ2) is 4.66. The Balaban J connectivity index is 2.10. The predicted molar refractivity (Wildman–Crippen MR) is 67.6 cm³/mol. The number of hydrogen-bond acceptors (Lipinski definition) is 2. The highest BCUT2D eigenvalue weighted by Gasteiger charge is 2.46. The SMILES string of the molecule is CC(C)C1C[C@@]2(CCCOC2)CN1C(C)C. The van der Waals surface area contributed by atoms with E-state index in [1.807, 2.05) is 0 Å². The van der Waals surface area contributed by atoms with Crippen molar-refractivity contribution in [2.75, 3.05) is 19.8 Å². The van der Waals surface area contributed by atoms with Crippen LogP contribution in [0.2, 0.25) is 0 Å². The van der Waals surface area contributed by atoms with Crippen LogP contribution in [0.25, 0.3) is 0 Å². The quantitative estimate of drug-likeness (QED) is 0.716. The lowest BCUT2D eigenvalue weighted by Crippen LogP contribution is -2.40. The Morgan fingerprint density at radius 3 is 2.44 bits per heavy atom. The molecule has 0 bridgehead atoms. The Labute approximate surface area is 100 Å². The predicted octanol–water partition coefficient (Wildman–Crippen LogP) is 2.92. The first-order chi connectivity index (χ1) is 7.54. The third-order valence-corrected chi connectivity index (χ3v) is 4.42. The van der Waals surface area contributed by atoms with Crippen LogP contribution in [0.15, 0.2) is 0 Å². The smallest absolute Gasteiger partial charge is 0.0535 e. The van der Waals surface area contributed by atoms with E-state index in [1.54, 1.807) is 0 Å². The van der Waals surface area contributed by atoms with Crippen molar-refractivity contribution in [1.29, 1.82) is 0 Å². The number of nitrogens with zero attached hydrogens (tertiary/aromatic N) is 1. The molecular weight excluding hydrogens is 198 g/mol. The third-order valence-electron chi connectivity index (χ3n) is 4.42. The minimum absolute atomic E-state index is 0.484. The Morgan fingerprint density at radius 2 is 2.00 bits per heavy atom. The molecule has 2 fully saturated rings. The second-order valence-corrected chi connectivity index (χ2v) is 6.44. The van der Waals surface area contributed by atoms with Gasteiger partial charge in [-0.1, -0.05) is 13.8 Å². The van der Waals surface area contributed by atoms with Gasteiger partial charge in [-0.3, -0.25) is 4.90 Å². The van der Waals surface area contributed by atoms with Gasteiger partial charge in [0.2, 0.25) is 0 Å². The fourth-order valence-corrected chi connectivity index (χ4v) is 3.51. The average Bonchev–Trinajstić information content (AvgIpc) is 2.59. The summed E-state index contributed by atoms with van der Waals surface area (Å²) < 4.78 is 5.74. The summed E-state index contributed by atoms with van der Waals surface area (Å²) in [6.45, 7) is 12.6. The first-order valence-electron chi connectivity index (χ1n) is 6.88. The third kappa shape index (κ3) is 2.28. The van der Waals surface area contributed by atoms with Gasteiger partial charge in [-0.15, -0.1) is 0 Å². The zero-order valence-electron chi connectivity index (χ0n) is 11.3. The van der Waals surface area contributed by atoms with Crippen LogP contribution in [0.5, 0.6) is 0 Å². The van der Waals surface area contributed by atoms with Crippen LogP contribution in [-0.2, 0) is 4.74 Å². The summed E-state index contributed by atoms with van der Waals surface area (Å²) in [5, 5.41) is 0. The highest BCUT2D eigenvalue weighted by molar-refractivity contribution is 4.98. The van der Waals surface area contributed by atoms with Crippen molar-refractivity contribution in [1.82, 2.24) is 4.90 Å². The molecule has 0 N–H and O–H groups in total. The fraction of sp³-hybridized carbons (Fsp3) is 1.00. The summed E-state index contributed by atoms with van der Waals surface area (Å²) in [6.07, 6.45) is 3.99. The maximum absolute atomic E-state index is 5.74. The molecule has 16 heavy (non-hydrogen) atoms. The van der Waals surface area contributed by atoms with Gasteiger partial charge in [-0.25, -0.2) is 0 Å². The van der Waals surface area contributed by atoms with Gasteiger partial charge >= 0.3 is 0 Å². The van der Waals surface area contributed by atoms with E-state index in [0.717, 1.165) is 25.2 Å². The number of hydrogen-bond donors (Lipinski definition) is 0. The van der Waals surface area contributed by atoms with E-state index >= 15 is 0 Å². The van der Waals surface area contributed by atoms with Gasteiger partial charge in [-0.05, 0) is 39.0 Å².